The van der Waals surface area contributed by atoms with Crippen LogP contribution in [0.4, 0.5) is 0 Å². The number of hydrogen-bond acceptors (Lipinski definition) is 2. The third-order valence-corrected chi connectivity index (χ3v) is 3.66. The van der Waals surface area contributed by atoms with Gasteiger partial charge in [-0.15, -0.1) is 0 Å². The van der Waals surface area contributed by atoms with Crippen molar-refractivity contribution in [3.63, 3.8) is 0 Å². The fourth-order valence-electron chi connectivity index (χ4n) is 2.13. The Hall–Kier alpha value is -0.790. The third-order valence-electron chi connectivity index (χ3n) is 3.66. The second-order valence-electron chi connectivity index (χ2n) is 5.97. The maximum absolute atomic E-state index is 5.46. The Morgan fingerprint density at radius 2 is 1.87 bits per heavy atom. The van der Waals surface area contributed by atoms with Gasteiger partial charge in [0.2, 0.25) is 0 Å². The van der Waals surface area contributed by atoms with Gasteiger partial charge in [0.25, 0.3) is 0 Å². The van der Waals surface area contributed by atoms with E-state index >= 15 is 0 Å². The predicted octanol–water partition coefficient (Wildman–Crippen LogP) is 4.02. The molecule has 0 saturated carbocycles. The smallest absolute Gasteiger partial charge is 0.180 e. The third kappa shape index (κ3) is 2.42. The zero-order chi connectivity index (χ0) is 11.7. The minimum atomic E-state index is 0.0216. The van der Waals surface area contributed by atoms with E-state index in [0.717, 1.165) is 5.76 Å². The quantitative estimate of drug-likeness (QED) is 0.748. The fraction of sp³-hybridized carbons (Fsp3) is 0.769. The first-order chi connectivity index (χ1) is 6.77. The minimum absolute atomic E-state index is 0.0216. The first kappa shape index (κ1) is 12.3. The summed E-state index contributed by atoms with van der Waals surface area (Å²) in [5, 5.41) is 0. The van der Waals surface area contributed by atoms with Gasteiger partial charge in [0, 0.05) is 5.41 Å². The standard InChI is InChI=1S/C13H23NO/c1-10(2)7-12(3,4)13(5,6)11-8-14-9-15-11/h8-10H,7H2,1-6H3. The van der Waals surface area contributed by atoms with E-state index in [1.165, 1.54) is 12.8 Å². The van der Waals surface area contributed by atoms with Crippen LogP contribution in [-0.2, 0) is 5.41 Å². The normalized spacial score (nSPS) is 13.5. The van der Waals surface area contributed by atoms with Crippen LogP contribution in [0, 0.1) is 11.3 Å². The van der Waals surface area contributed by atoms with Crippen LogP contribution in [-0.4, -0.2) is 4.98 Å². The van der Waals surface area contributed by atoms with Crippen molar-refractivity contribution < 1.29 is 4.42 Å². The molecule has 2 nitrogen and oxygen atoms in total. The molecule has 0 amide bonds. The lowest BCUT2D eigenvalue weighted by Gasteiger charge is -2.41. The number of oxazole rings is 1. The molecule has 0 N–H and O–H groups in total. The molecule has 0 spiro atoms. The first-order valence-corrected chi connectivity index (χ1v) is 5.66. The van der Waals surface area contributed by atoms with E-state index in [2.05, 4.69) is 46.5 Å². The molecule has 0 unspecified atom stereocenters. The molecule has 0 aliphatic rings. The summed E-state index contributed by atoms with van der Waals surface area (Å²) in [6.45, 7) is 13.6. The lowest BCUT2D eigenvalue weighted by atomic mass is 9.63. The van der Waals surface area contributed by atoms with Gasteiger partial charge >= 0.3 is 0 Å². The van der Waals surface area contributed by atoms with Gasteiger partial charge in [0.05, 0.1) is 6.20 Å². The van der Waals surface area contributed by atoms with Crippen molar-refractivity contribution in [3.8, 4) is 0 Å². The van der Waals surface area contributed by atoms with Gasteiger partial charge in [-0.2, -0.15) is 0 Å². The molecular formula is C13H23NO. The monoisotopic (exact) mass is 209 g/mol. The summed E-state index contributed by atoms with van der Waals surface area (Å²) in [5.74, 6) is 1.68. The molecule has 0 aliphatic heterocycles. The Morgan fingerprint density at radius 3 is 2.27 bits per heavy atom. The van der Waals surface area contributed by atoms with E-state index in [1.807, 2.05) is 6.20 Å². The highest BCUT2D eigenvalue weighted by Crippen LogP contribution is 2.45. The largest absolute Gasteiger partial charge is 0.448 e. The van der Waals surface area contributed by atoms with Crippen molar-refractivity contribution in [3.05, 3.63) is 18.4 Å². The minimum Gasteiger partial charge on any atom is -0.448 e. The van der Waals surface area contributed by atoms with Crippen LogP contribution >= 0.6 is 0 Å². The van der Waals surface area contributed by atoms with Crippen molar-refractivity contribution in [2.24, 2.45) is 11.3 Å². The second-order valence-corrected chi connectivity index (χ2v) is 5.97. The maximum Gasteiger partial charge on any atom is 0.180 e. The van der Waals surface area contributed by atoms with Gasteiger partial charge in [-0.3, -0.25) is 0 Å². The number of rotatable bonds is 4. The summed E-state index contributed by atoms with van der Waals surface area (Å²) >= 11 is 0. The number of aromatic nitrogens is 1. The summed E-state index contributed by atoms with van der Waals surface area (Å²) < 4.78 is 5.46. The summed E-state index contributed by atoms with van der Waals surface area (Å²) in [4.78, 5) is 4.01. The van der Waals surface area contributed by atoms with Crippen molar-refractivity contribution in [1.29, 1.82) is 0 Å². The average Bonchev–Trinajstić information content (AvgIpc) is 2.52. The zero-order valence-corrected chi connectivity index (χ0v) is 10.8. The maximum atomic E-state index is 5.46. The molecule has 1 heterocycles. The highest BCUT2D eigenvalue weighted by atomic mass is 16.3. The highest BCUT2D eigenvalue weighted by molar-refractivity contribution is 5.12. The van der Waals surface area contributed by atoms with Crippen LogP contribution in [0.1, 0.15) is 53.7 Å². The van der Waals surface area contributed by atoms with Gasteiger partial charge in [-0.1, -0.05) is 41.5 Å². The first-order valence-electron chi connectivity index (χ1n) is 5.66. The highest BCUT2D eigenvalue weighted by Gasteiger charge is 2.40. The van der Waals surface area contributed by atoms with Crippen LogP contribution in [0.2, 0.25) is 0 Å². The molecule has 0 aromatic carbocycles. The summed E-state index contributed by atoms with van der Waals surface area (Å²) in [6.07, 6.45) is 4.53. The van der Waals surface area contributed by atoms with E-state index < -0.39 is 0 Å². The Bertz CT molecular complexity index is 296. The van der Waals surface area contributed by atoms with Crippen molar-refractivity contribution in [2.45, 2.75) is 53.4 Å². The van der Waals surface area contributed by atoms with E-state index in [4.69, 9.17) is 4.42 Å². The Balaban J connectivity index is 2.94. The molecule has 0 aliphatic carbocycles. The fourth-order valence-corrected chi connectivity index (χ4v) is 2.13. The van der Waals surface area contributed by atoms with E-state index in [9.17, 15) is 0 Å². The molecule has 1 aromatic heterocycles. The van der Waals surface area contributed by atoms with Crippen LogP contribution in [0.25, 0.3) is 0 Å². The topological polar surface area (TPSA) is 26.0 Å². The lowest BCUT2D eigenvalue weighted by Crippen LogP contribution is -2.37. The molecule has 2 heteroatoms. The molecule has 86 valence electrons. The molecule has 0 atom stereocenters. The number of hydrogen-bond donors (Lipinski definition) is 0. The van der Waals surface area contributed by atoms with E-state index in [1.54, 1.807) is 0 Å². The van der Waals surface area contributed by atoms with Gasteiger partial charge in [-0.05, 0) is 17.8 Å². The predicted molar refractivity (Wildman–Crippen MR) is 62.8 cm³/mol. The lowest BCUT2D eigenvalue weighted by molar-refractivity contribution is 0.134. The molecule has 0 saturated heterocycles. The SMILES string of the molecule is CC(C)CC(C)(C)C(C)(C)c1cnco1. The van der Waals surface area contributed by atoms with Crippen molar-refractivity contribution >= 4 is 0 Å². The Kier molecular flexibility index (Phi) is 3.27. The van der Waals surface area contributed by atoms with E-state index in [0.29, 0.717) is 5.92 Å². The summed E-state index contributed by atoms with van der Waals surface area (Å²) in [6, 6.07) is 0. The molecule has 1 aromatic rings. The molecule has 0 fully saturated rings. The van der Waals surface area contributed by atoms with Gasteiger partial charge in [-0.25, -0.2) is 4.98 Å². The van der Waals surface area contributed by atoms with Crippen LogP contribution in [0.3, 0.4) is 0 Å². The average molecular weight is 209 g/mol. The molecular weight excluding hydrogens is 186 g/mol. The van der Waals surface area contributed by atoms with Crippen LogP contribution in [0.15, 0.2) is 17.0 Å². The Morgan fingerprint density at radius 1 is 1.27 bits per heavy atom. The zero-order valence-electron chi connectivity index (χ0n) is 10.8. The van der Waals surface area contributed by atoms with Crippen LogP contribution < -0.4 is 0 Å². The van der Waals surface area contributed by atoms with Gasteiger partial charge < -0.3 is 4.42 Å². The van der Waals surface area contributed by atoms with Gasteiger partial charge in [0.15, 0.2) is 6.39 Å². The van der Waals surface area contributed by atoms with E-state index in [-0.39, 0.29) is 10.8 Å². The summed E-state index contributed by atoms with van der Waals surface area (Å²) in [5.41, 5.74) is 0.231. The molecule has 0 radical (unpaired) electrons. The van der Waals surface area contributed by atoms with Gasteiger partial charge in [0.1, 0.15) is 5.76 Å². The van der Waals surface area contributed by atoms with Crippen molar-refractivity contribution in [1.82, 2.24) is 4.98 Å². The molecule has 15 heavy (non-hydrogen) atoms. The Labute approximate surface area is 93.1 Å². The summed E-state index contributed by atoms with van der Waals surface area (Å²) in [7, 11) is 0. The van der Waals surface area contributed by atoms with Crippen LogP contribution in [0.5, 0.6) is 0 Å². The molecule has 0 bridgehead atoms. The molecule has 1 rings (SSSR count). The number of nitrogens with zero attached hydrogens (tertiary/aromatic N) is 1. The second kappa shape index (κ2) is 3.99. The van der Waals surface area contributed by atoms with Crippen molar-refractivity contribution in [2.75, 3.05) is 0 Å².